The second kappa shape index (κ2) is 11.5. The monoisotopic (exact) mass is 489 g/mol. The summed E-state index contributed by atoms with van der Waals surface area (Å²) in [5.74, 6) is -0.534. The average Bonchev–Trinajstić information content (AvgIpc) is 3.02. The molecule has 0 aliphatic rings. The van der Waals surface area contributed by atoms with Gasteiger partial charge in [-0.3, -0.25) is 15.6 Å². The van der Waals surface area contributed by atoms with Gasteiger partial charge in [0.25, 0.3) is 0 Å². The fourth-order valence-electron chi connectivity index (χ4n) is 2.60. The Hall–Kier alpha value is -1.88. The van der Waals surface area contributed by atoms with Gasteiger partial charge in [0.1, 0.15) is 10.8 Å². The molecule has 1 heterocycles. The molecule has 0 spiro atoms. The molecule has 1 amide bonds. The third kappa shape index (κ3) is 6.56. The number of benzene rings is 1. The number of methoxy groups -OCH3 is 1. The Morgan fingerprint density at radius 2 is 2.07 bits per heavy atom. The predicted octanol–water partition coefficient (Wildman–Crippen LogP) is 4.45. The van der Waals surface area contributed by atoms with Gasteiger partial charge in [-0.2, -0.15) is 0 Å². The summed E-state index contributed by atoms with van der Waals surface area (Å²) in [7, 11) is 1.33. The molecular formula is C19H21ClFN3O3S3. The van der Waals surface area contributed by atoms with Crippen LogP contribution in [-0.2, 0) is 21.7 Å². The van der Waals surface area contributed by atoms with Crippen LogP contribution >= 0.6 is 46.9 Å². The van der Waals surface area contributed by atoms with Gasteiger partial charge in [-0.05, 0) is 48.8 Å². The standard InChI is InChI=1S/C19H21ClFN3O3S3/c1-4-13-10(2)30-17(16(13)18(26)27-3)22-19(28)24-23-15(25)9-29-8-11-5-6-12(21)7-14(11)20/h5-7H,4,8-9H2,1-3H3,(H,23,25)(H2,22,24,28). The zero-order valence-corrected chi connectivity index (χ0v) is 19.8. The Balaban J connectivity index is 1.84. The molecular weight excluding hydrogens is 469 g/mol. The van der Waals surface area contributed by atoms with E-state index in [0.29, 0.717) is 27.8 Å². The van der Waals surface area contributed by atoms with E-state index >= 15 is 0 Å². The summed E-state index contributed by atoms with van der Waals surface area (Å²) in [6, 6.07) is 4.15. The van der Waals surface area contributed by atoms with Crippen molar-refractivity contribution in [2.45, 2.75) is 26.0 Å². The number of hydrogen-bond acceptors (Lipinski definition) is 6. The molecule has 0 atom stereocenters. The predicted molar refractivity (Wildman–Crippen MR) is 125 cm³/mol. The van der Waals surface area contributed by atoms with Crippen molar-refractivity contribution in [3.8, 4) is 0 Å². The number of thiocarbonyl (C=S) groups is 1. The molecule has 0 fully saturated rings. The third-order valence-corrected chi connectivity index (χ3v) is 6.60. The van der Waals surface area contributed by atoms with Crippen molar-refractivity contribution in [3.05, 3.63) is 50.6 Å². The van der Waals surface area contributed by atoms with E-state index in [2.05, 4.69) is 16.2 Å². The maximum Gasteiger partial charge on any atom is 0.341 e. The van der Waals surface area contributed by atoms with Crippen LogP contribution < -0.4 is 16.2 Å². The lowest BCUT2D eigenvalue weighted by atomic mass is 10.1. The van der Waals surface area contributed by atoms with Crippen LogP contribution in [0.25, 0.3) is 0 Å². The summed E-state index contributed by atoms with van der Waals surface area (Å²) in [5, 5.41) is 3.96. The number of carbonyl (C=O) groups is 2. The van der Waals surface area contributed by atoms with Gasteiger partial charge in [-0.1, -0.05) is 24.6 Å². The second-order valence-corrected chi connectivity index (χ2v) is 9.07. The number of rotatable bonds is 7. The largest absolute Gasteiger partial charge is 0.465 e. The van der Waals surface area contributed by atoms with Crippen LogP contribution in [0.5, 0.6) is 0 Å². The van der Waals surface area contributed by atoms with Crippen molar-refractivity contribution in [1.29, 1.82) is 0 Å². The molecule has 0 radical (unpaired) electrons. The number of hydrogen-bond donors (Lipinski definition) is 3. The molecule has 11 heteroatoms. The van der Waals surface area contributed by atoms with Crippen molar-refractivity contribution in [2.75, 3.05) is 18.2 Å². The lowest BCUT2D eigenvalue weighted by Crippen LogP contribution is -2.44. The van der Waals surface area contributed by atoms with Crippen molar-refractivity contribution in [1.82, 2.24) is 10.9 Å². The van der Waals surface area contributed by atoms with Crippen LogP contribution in [0.2, 0.25) is 5.02 Å². The molecule has 6 nitrogen and oxygen atoms in total. The number of amides is 1. The molecule has 1 aromatic carbocycles. The number of nitrogens with one attached hydrogen (secondary N) is 3. The highest BCUT2D eigenvalue weighted by molar-refractivity contribution is 7.99. The smallest absolute Gasteiger partial charge is 0.341 e. The number of thiophene rings is 1. The lowest BCUT2D eigenvalue weighted by Gasteiger charge is -2.12. The molecule has 0 unspecified atom stereocenters. The molecule has 2 aromatic rings. The maximum atomic E-state index is 13.1. The second-order valence-electron chi connectivity index (χ2n) is 6.04. The minimum Gasteiger partial charge on any atom is -0.465 e. The zero-order chi connectivity index (χ0) is 22.3. The van der Waals surface area contributed by atoms with E-state index in [0.717, 1.165) is 16.0 Å². The molecule has 162 valence electrons. The number of aryl methyl sites for hydroxylation is 1. The van der Waals surface area contributed by atoms with Gasteiger partial charge in [0.05, 0.1) is 18.4 Å². The van der Waals surface area contributed by atoms with Crippen molar-refractivity contribution >= 4 is 68.9 Å². The molecule has 0 saturated carbocycles. The van der Waals surface area contributed by atoms with Crippen LogP contribution in [0.3, 0.4) is 0 Å². The molecule has 0 saturated heterocycles. The number of halogens is 2. The Labute approximate surface area is 192 Å². The molecule has 2 rings (SSSR count). The summed E-state index contributed by atoms with van der Waals surface area (Å²) in [5.41, 5.74) is 7.20. The summed E-state index contributed by atoms with van der Waals surface area (Å²) in [6.45, 7) is 3.88. The van der Waals surface area contributed by atoms with Crippen LogP contribution in [-0.4, -0.2) is 29.9 Å². The van der Waals surface area contributed by atoms with Crippen molar-refractivity contribution < 1.29 is 18.7 Å². The van der Waals surface area contributed by atoms with Crippen LogP contribution in [0.1, 0.15) is 33.3 Å². The number of thioether (sulfide) groups is 1. The van der Waals surface area contributed by atoms with Gasteiger partial charge >= 0.3 is 5.97 Å². The van der Waals surface area contributed by atoms with Gasteiger partial charge in [-0.15, -0.1) is 23.1 Å². The highest BCUT2D eigenvalue weighted by Crippen LogP contribution is 2.33. The molecule has 0 bridgehead atoms. The SMILES string of the molecule is CCc1c(C)sc(NC(=S)NNC(=O)CSCc2ccc(F)cc2Cl)c1C(=O)OC. The third-order valence-electron chi connectivity index (χ3n) is 4.00. The fourth-order valence-corrected chi connectivity index (χ4v) is 5.10. The number of ether oxygens (including phenoxy) is 1. The first-order valence-corrected chi connectivity index (χ1v) is 11.6. The normalized spacial score (nSPS) is 10.4. The first kappa shape index (κ1) is 24.4. The Bertz CT molecular complexity index is 953. The van der Waals surface area contributed by atoms with E-state index in [1.54, 1.807) is 6.07 Å². The van der Waals surface area contributed by atoms with E-state index in [4.69, 9.17) is 28.6 Å². The van der Waals surface area contributed by atoms with E-state index in [1.165, 1.54) is 42.3 Å². The van der Waals surface area contributed by atoms with Crippen LogP contribution in [0.15, 0.2) is 18.2 Å². The highest BCUT2D eigenvalue weighted by atomic mass is 35.5. The Morgan fingerprint density at radius 1 is 1.33 bits per heavy atom. The van der Waals surface area contributed by atoms with Crippen LogP contribution in [0.4, 0.5) is 9.39 Å². The van der Waals surface area contributed by atoms with Gasteiger partial charge in [-0.25, -0.2) is 9.18 Å². The fraction of sp³-hybridized carbons (Fsp3) is 0.316. The first-order chi connectivity index (χ1) is 14.3. The Morgan fingerprint density at radius 3 is 2.70 bits per heavy atom. The van der Waals surface area contributed by atoms with E-state index in [-0.39, 0.29) is 16.8 Å². The van der Waals surface area contributed by atoms with Gasteiger partial charge in [0.2, 0.25) is 5.91 Å². The van der Waals surface area contributed by atoms with E-state index in [1.807, 2.05) is 13.8 Å². The number of anilines is 1. The zero-order valence-electron chi connectivity index (χ0n) is 16.6. The first-order valence-electron chi connectivity index (χ1n) is 8.84. The topological polar surface area (TPSA) is 79.5 Å². The quantitative estimate of drug-likeness (QED) is 0.301. The number of carbonyl (C=O) groups excluding carboxylic acids is 2. The van der Waals surface area contributed by atoms with Gasteiger partial charge in [0.15, 0.2) is 5.11 Å². The van der Waals surface area contributed by atoms with E-state index in [9.17, 15) is 14.0 Å². The summed E-state index contributed by atoms with van der Waals surface area (Å²) in [4.78, 5) is 25.1. The minimum absolute atomic E-state index is 0.143. The highest BCUT2D eigenvalue weighted by Gasteiger charge is 2.22. The lowest BCUT2D eigenvalue weighted by molar-refractivity contribution is -0.119. The number of esters is 1. The molecule has 1 aromatic heterocycles. The summed E-state index contributed by atoms with van der Waals surface area (Å²) < 4.78 is 17.9. The molecule has 3 N–H and O–H groups in total. The average molecular weight is 490 g/mol. The summed E-state index contributed by atoms with van der Waals surface area (Å²) >= 11 is 13.9. The maximum absolute atomic E-state index is 13.1. The van der Waals surface area contributed by atoms with Crippen molar-refractivity contribution in [2.24, 2.45) is 0 Å². The Kier molecular flexibility index (Phi) is 9.35. The minimum atomic E-state index is -0.443. The van der Waals surface area contributed by atoms with E-state index < -0.39 is 11.8 Å². The van der Waals surface area contributed by atoms with Gasteiger partial charge in [0, 0.05) is 15.7 Å². The summed E-state index contributed by atoms with van der Waals surface area (Å²) in [6.07, 6.45) is 0.681. The molecule has 30 heavy (non-hydrogen) atoms. The van der Waals surface area contributed by atoms with Crippen molar-refractivity contribution in [3.63, 3.8) is 0 Å². The molecule has 0 aliphatic carbocycles. The van der Waals surface area contributed by atoms with Crippen LogP contribution in [0, 0.1) is 12.7 Å². The van der Waals surface area contributed by atoms with Gasteiger partial charge < -0.3 is 10.1 Å². The molecule has 0 aliphatic heterocycles. The number of hydrazine groups is 1.